The molecule has 6 heteroatoms. The Kier molecular flexibility index (Phi) is 9.11. The van der Waals surface area contributed by atoms with Crippen LogP contribution in [-0.4, -0.2) is 34.5 Å². The highest BCUT2D eigenvalue weighted by Gasteiger charge is 2.12. The quantitative estimate of drug-likeness (QED) is 0.623. The molecule has 0 rings (SSSR count). The third-order valence-corrected chi connectivity index (χ3v) is 3.30. The summed E-state index contributed by atoms with van der Waals surface area (Å²) < 4.78 is 0. The molecule has 2 N–H and O–H groups in total. The fourth-order valence-electron chi connectivity index (χ4n) is 1.43. The first-order valence-corrected chi connectivity index (χ1v) is 7.09. The van der Waals surface area contributed by atoms with Crippen molar-refractivity contribution in [3.8, 4) is 6.07 Å². The summed E-state index contributed by atoms with van der Waals surface area (Å²) in [7, 11) is 0. The molecule has 0 aromatic carbocycles. The van der Waals surface area contributed by atoms with E-state index in [0.717, 1.165) is 12.8 Å². The lowest BCUT2D eigenvalue weighted by atomic mass is 10.0. The number of hydrogen-bond acceptors (Lipinski definition) is 4. The summed E-state index contributed by atoms with van der Waals surface area (Å²) in [6, 6.07) is 2.00. The molecular weight excluding hydrogens is 252 g/mol. The summed E-state index contributed by atoms with van der Waals surface area (Å²) in [5, 5.41) is 19.9. The van der Waals surface area contributed by atoms with Crippen LogP contribution in [0.1, 0.15) is 33.1 Å². The summed E-state index contributed by atoms with van der Waals surface area (Å²) in [5.41, 5.74) is 0. The molecule has 0 bridgehead atoms. The van der Waals surface area contributed by atoms with E-state index in [-0.39, 0.29) is 17.9 Å². The Hall–Kier alpha value is -1.22. The Morgan fingerprint density at radius 2 is 2.06 bits per heavy atom. The number of nitrogens with zero attached hydrogens (tertiary/aromatic N) is 1. The van der Waals surface area contributed by atoms with Gasteiger partial charge in [-0.1, -0.05) is 13.3 Å². The van der Waals surface area contributed by atoms with Gasteiger partial charge >= 0.3 is 5.97 Å². The van der Waals surface area contributed by atoms with Crippen LogP contribution in [0.2, 0.25) is 0 Å². The molecule has 2 unspecified atom stereocenters. The molecule has 0 saturated heterocycles. The van der Waals surface area contributed by atoms with Gasteiger partial charge in [-0.05, 0) is 19.8 Å². The molecule has 18 heavy (non-hydrogen) atoms. The van der Waals surface area contributed by atoms with E-state index in [4.69, 9.17) is 10.4 Å². The van der Waals surface area contributed by atoms with Crippen LogP contribution in [-0.2, 0) is 9.59 Å². The van der Waals surface area contributed by atoms with Crippen LogP contribution in [0.4, 0.5) is 0 Å². The first kappa shape index (κ1) is 16.8. The molecule has 0 aliphatic heterocycles. The molecule has 0 aliphatic rings. The third kappa shape index (κ3) is 8.88. The number of carbonyl (C=O) groups excluding carboxylic acids is 1. The van der Waals surface area contributed by atoms with E-state index in [1.165, 1.54) is 11.8 Å². The topological polar surface area (TPSA) is 90.2 Å². The van der Waals surface area contributed by atoms with E-state index in [2.05, 4.69) is 5.32 Å². The van der Waals surface area contributed by atoms with Crippen molar-refractivity contribution in [1.29, 1.82) is 5.26 Å². The van der Waals surface area contributed by atoms with Crippen LogP contribution in [0.25, 0.3) is 0 Å². The number of aliphatic carboxylic acids is 1. The van der Waals surface area contributed by atoms with Crippen molar-refractivity contribution < 1.29 is 14.7 Å². The molecule has 0 spiro atoms. The second-order valence-electron chi connectivity index (χ2n) is 4.29. The zero-order chi connectivity index (χ0) is 14.0. The van der Waals surface area contributed by atoms with Gasteiger partial charge in [0.1, 0.15) is 0 Å². The fourth-order valence-corrected chi connectivity index (χ4v) is 1.89. The second-order valence-corrected chi connectivity index (χ2v) is 5.28. The van der Waals surface area contributed by atoms with Crippen molar-refractivity contribution in [1.82, 2.24) is 5.32 Å². The van der Waals surface area contributed by atoms with Gasteiger partial charge in [0.15, 0.2) is 0 Å². The number of thioether (sulfide) groups is 1. The minimum Gasteiger partial charge on any atom is -0.481 e. The lowest BCUT2D eigenvalue weighted by Gasteiger charge is -2.14. The van der Waals surface area contributed by atoms with E-state index in [9.17, 15) is 9.59 Å². The lowest BCUT2D eigenvalue weighted by Crippen LogP contribution is -2.34. The van der Waals surface area contributed by atoms with Gasteiger partial charge in [0.05, 0.1) is 23.5 Å². The van der Waals surface area contributed by atoms with E-state index >= 15 is 0 Å². The molecular formula is C12H20N2O3S. The molecule has 0 aliphatic carbocycles. The minimum atomic E-state index is -0.778. The van der Waals surface area contributed by atoms with Crippen LogP contribution in [0.5, 0.6) is 0 Å². The van der Waals surface area contributed by atoms with Gasteiger partial charge < -0.3 is 10.4 Å². The summed E-state index contributed by atoms with van der Waals surface area (Å²) >= 11 is 1.29. The molecule has 2 atom stereocenters. The summed E-state index contributed by atoms with van der Waals surface area (Å²) in [4.78, 5) is 22.0. The predicted molar refractivity (Wildman–Crippen MR) is 71.2 cm³/mol. The van der Waals surface area contributed by atoms with Gasteiger partial charge in [-0.25, -0.2) is 0 Å². The first-order chi connectivity index (χ1) is 8.47. The minimum absolute atomic E-state index is 0.0428. The maximum absolute atomic E-state index is 11.4. The Balaban J connectivity index is 3.64. The zero-order valence-corrected chi connectivity index (χ0v) is 11.6. The zero-order valence-electron chi connectivity index (χ0n) is 10.8. The number of nitriles is 1. The smallest absolute Gasteiger partial charge is 0.306 e. The maximum Gasteiger partial charge on any atom is 0.306 e. The molecule has 0 fully saturated rings. The third-order valence-electron chi connectivity index (χ3n) is 2.50. The summed E-state index contributed by atoms with van der Waals surface area (Å²) in [5.74, 6) is -0.575. The van der Waals surface area contributed by atoms with E-state index < -0.39 is 5.97 Å². The van der Waals surface area contributed by atoms with Gasteiger partial charge in [-0.3, -0.25) is 9.59 Å². The average Bonchev–Trinajstić information content (AvgIpc) is 2.28. The number of hydrogen-bond donors (Lipinski definition) is 2. The number of carbonyl (C=O) groups is 2. The molecule has 0 radical (unpaired) electrons. The van der Waals surface area contributed by atoms with Crippen LogP contribution in [0.3, 0.4) is 0 Å². The maximum atomic E-state index is 11.4. The van der Waals surface area contributed by atoms with E-state index in [0.29, 0.717) is 17.9 Å². The average molecular weight is 272 g/mol. The molecule has 0 aromatic rings. The fraction of sp³-hybridized carbons (Fsp3) is 0.750. The number of amides is 1. The predicted octanol–water partition coefficient (Wildman–Crippen LogP) is 1.64. The number of carboxylic acids is 1. The van der Waals surface area contributed by atoms with Crippen molar-refractivity contribution >= 4 is 23.6 Å². The Labute approximate surface area is 112 Å². The Bertz CT molecular complexity index is 315. The van der Waals surface area contributed by atoms with Gasteiger partial charge in [0, 0.05) is 6.04 Å². The largest absolute Gasteiger partial charge is 0.481 e. The molecule has 102 valence electrons. The highest BCUT2D eigenvalue weighted by atomic mass is 32.2. The lowest BCUT2D eigenvalue weighted by molar-refractivity contribution is -0.141. The monoisotopic (exact) mass is 272 g/mol. The number of rotatable bonds is 9. The van der Waals surface area contributed by atoms with Gasteiger partial charge in [-0.2, -0.15) is 5.26 Å². The molecule has 0 heterocycles. The van der Waals surface area contributed by atoms with Gasteiger partial charge in [0.25, 0.3) is 0 Å². The van der Waals surface area contributed by atoms with E-state index in [1.807, 2.05) is 13.0 Å². The van der Waals surface area contributed by atoms with Crippen molar-refractivity contribution in [3.05, 3.63) is 0 Å². The van der Waals surface area contributed by atoms with E-state index in [1.54, 1.807) is 6.92 Å². The first-order valence-electron chi connectivity index (χ1n) is 5.94. The van der Waals surface area contributed by atoms with Crippen molar-refractivity contribution in [2.45, 2.75) is 39.2 Å². The van der Waals surface area contributed by atoms with Crippen molar-refractivity contribution in [2.75, 3.05) is 11.5 Å². The highest BCUT2D eigenvalue weighted by molar-refractivity contribution is 8.00. The van der Waals surface area contributed by atoms with Crippen molar-refractivity contribution in [2.24, 2.45) is 5.92 Å². The normalized spacial score (nSPS) is 13.4. The molecule has 0 saturated carbocycles. The summed E-state index contributed by atoms with van der Waals surface area (Å²) in [6.07, 6.45) is 2.17. The van der Waals surface area contributed by atoms with Crippen LogP contribution in [0, 0.1) is 17.2 Å². The summed E-state index contributed by atoms with van der Waals surface area (Å²) in [6.45, 7) is 3.59. The van der Waals surface area contributed by atoms with Crippen molar-refractivity contribution in [3.63, 3.8) is 0 Å². The van der Waals surface area contributed by atoms with Crippen LogP contribution in [0.15, 0.2) is 0 Å². The standard InChI is InChI=1S/C12H20N2O3S/c1-9(12(16)17)4-3-5-10(2)14-11(15)8-18-7-6-13/h9-10H,3-5,7-8H2,1-2H3,(H,14,15)(H,16,17). The van der Waals surface area contributed by atoms with Gasteiger partial charge in [-0.15, -0.1) is 11.8 Å². The molecule has 5 nitrogen and oxygen atoms in total. The molecule has 0 aromatic heterocycles. The SMILES string of the molecule is CC(CCCC(C)C(=O)O)NC(=O)CSCC#N. The van der Waals surface area contributed by atoms with Crippen LogP contribution < -0.4 is 5.32 Å². The number of nitrogens with one attached hydrogen (secondary N) is 1. The second kappa shape index (κ2) is 9.77. The Morgan fingerprint density at radius 3 is 2.61 bits per heavy atom. The van der Waals surface area contributed by atoms with Gasteiger partial charge in [0.2, 0.25) is 5.91 Å². The molecule has 1 amide bonds. The van der Waals surface area contributed by atoms with Crippen LogP contribution >= 0.6 is 11.8 Å². The number of carboxylic acid groups (broad SMARTS) is 1. The Morgan fingerprint density at radius 1 is 1.39 bits per heavy atom. The highest BCUT2D eigenvalue weighted by Crippen LogP contribution is 2.09.